The van der Waals surface area contributed by atoms with Crippen LogP contribution in [0.5, 0.6) is 0 Å². The maximum absolute atomic E-state index is 10.9. The van der Waals surface area contributed by atoms with E-state index in [1.54, 1.807) is 0 Å². The van der Waals surface area contributed by atoms with Crippen LogP contribution in [0.2, 0.25) is 0 Å². The fourth-order valence-corrected chi connectivity index (χ4v) is 0.935. The maximum atomic E-state index is 10.9. The van der Waals surface area contributed by atoms with Crippen molar-refractivity contribution in [3.05, 3.63) is 0 Å². The zero-order valence-corrected chi connectivity index (χ0v) is 7.33. The number of Topliss-reactive ketones (excluding diaryl/α,β-unsaturated/α-hetero) is 2. The Morgan fingerprint density at radius 1 is 1.25 bits per heavy atom. The molecule has 0 aliphatic carbocycles. The summed E-state index contributed by atoms with van der Waals surface area (Å²) in [6, 6.07) is 0. The molecule has 0 aliphatic rings. The van der Waals surface area contributed by atoms with E-state index in [4.69, 9.17) is 5.11 Å². The minimum atomic E-state index is -1.89. The lowest BCUT2D eigenvalue weighted by molar-refractivity contribution is -0.149. The molecule has 4 nitrogen and oxygen atoms in total. The summed E-state index contributed by atoms with van der Waals surface area (Å²) in [4.78, 5) is 21.7. The van der Waals surface area contributed by atoms with Gasteiger partial charge in [-0.15, -0.1) is 0 Å². The third-order valence-corrected chi connectivity index (χ3v) is 1.86. The van der Waals surface area contributed by atoms with Crippen LogP contribution < -0.4 is 0 Å². The molecule has 0 saturated carbocycles. The summed E-state index contributed by atoms with van der Waals surface area (Å²) in [7, 11) is 0. The van der Waals surface area contributed by atoms with Gasteiger partial charge in [-0.05, 0) is 26.7 Å². The first-order chi connectivity index (χ1) is 5.45. The molecule has 0 rings (SSSR count). The molecule has 0 aromatic heterocycles. The molecule has 0 heterocycles. The summed E-state index contributed by atoms with van der Waals surface area (Å²) in [6.45, 7) is 2.19. The quantitative estimate of drug-likeness (QED) is 0.559. The lowest BCUT2D eigenvalue weighted by Gasteiger charge is -2.21. The fourth-order valence-electron chi connectivity index (χ4n) is 0.935. The van der Waals surface area contributed by atoms with Gasteiger partial charge in [0.05, 0.1) is 0 Å². The molecule has 0 amide bonds. The second-order valence-corrected chi connectivity index (χ2v) is 2.80. The predicted molar refractivity (Wildman–Crippen MR) is 42.6 cm³/mol. The highest BCUT2D eigenvalue weighted by molar-refractivity contribution is 6.08. The lowest BCUT2D eigenvalue weighted by Crippen LogP contribution is -2.44. The fraction of sp³-hybridized carbons (Fsp3) is 0.750. The number of rotatable bonds is 5. The van der Waals surface area contributed by atoms with Gasteiger partial charge in [-0.25, -0.2) is 0 Å². The topological polar surface area (TPSA) is 74.6 Å². The molecule has 70 valence electrons. The number of aliphatic hydroxyl groups excluding tert-OH is 1. The van der Waals surface area contributed by atoms with Gasteiger partial charge >= 0.3 is 0 Å². The van der Waals surface area contributed by atoms with Crippen molar-refractivity contribution in [1.82, 2.24) is 0 Å². The van der Waals surface area contributed by atoms with E-state index < -0.39 is 17.2 Å². The number of hydrogen-bond acceptors (Lipinski definition) is 4. The molecule has 0 atom stereocenters. The van der Waals surface area contributed by atoms with Gasteiger partial charge in [-0.2, -0.15) is 0 Å². The van der Waals surface area contributed by atoms with Gasteiger partial charge in [0.2, 0.25) is 0 Å². The number of hydrogen-bond donors (Lipinski definition) is 2. The second kappa shape index (κ2) is 4.33. The molecule has 4 heteroatoms. The van der Waals surface area contributed by atoms with Gasteiger partial charge in [0.15, 0.2) is 17.2 Å². The van der Waals surface area contributed by atoms with E-state index in [0.717, 1.165) is 0 Å². The summed E-state index contributed by atoms with van der Waals surface area (Å²) in [5.74, 6) is -1.13. The molecule has 12 heavy (non-hydrogen) atoms. The minimum Gasteiger partial charge on any atom is -0.396 e. The van der Waals surface area contributed by atoms with Crippen molar-refractivity contribution in [3.8, 4) is 0 Å². The Morgan fingerprint density at radius 3 is 1.92 bits per heavy atom. The summed E-state index contributed by atoms with van der Waals surface area (Å²) in [5, 5.41) is 17.9. The number of carbonyl (C=O) groups is 2. The molecule has 0 bridgehead atoms. The van der Waals surface area contributed by atoms with Gasteiger partial charge in [0.25, 0.3) is 0 Å². The Kier molecular flexibility index (Phi) is 4.06. The van der Waals surface area contributed by atoms with Crippen molar-refractivity contribution in [3.63, 3.8) is 0 Å². The highest BCUT2D eigenvalue weighted by atomic mass is 16.3. The monoisotopic (exact) mass is 174 g/mol. The van der Waals surface area contributed by atoms with Crippen LogP contribution in [0.1, 0.15) is 26.7 Å². The van der Waals surface area contributed by atoms with Crippen molar-refractivity contribution >= 4 is 11.6 Å². The van der Waals surface area contributed by atoms with E-state index in [9.17, 15) is 14.7 Å². The second-order valence-electron chi connectivity index (χ2n) is 2.80. The van der Waals surface area contributed by atoms with Gasteiger partial charge in [0, 0.05) is 6.61 Å². The molecule has 0 spiro atoms. The first kappa shape index (κ1) is 11.3. The smallest absolute Gasteiger partial charge is 0.180 e. The Morgan fingerprint density at radius 2 is 1.67 bits per heavy atom. The van der Waals surface area contributed by atoms with Crippen molar-refractivity contribution in [1.29, 1.82) is 0 Å². The van der Waals surface area contributed by atoms with Crippen molar-refractivity contribution < 1.29 is 19.8 Å². The molecule has 0 aromatic rings. The first-order valence-electron chi connectivity index (χ1n) is 3.80. The molecule has 0 radical (unpaired) electrons. The molecule has 0 unspecified atom stereocenters. The standard InChI is InChI=1S/C8H14O4/c1-6(10)8(12,7(2)11)4-3-5-9/h9,12H,3-5H2,1-2H3. The largest absolute Gasteiger partial charge is 0.396 e. The van der Waals surface area contributed by atoms with Crippen LogP contribution in [0, 0.1) is 0 Å². The zero-order chi connectivity index (χ0) is 9.78. The number of aliphatic hydroxyl groups is 2. The van der Waals surface area contributed by atoms with Crippen molar-refractivity contribution in [2.24, 2.45) is 0 Å². The molecular weight excluding hydrogens is 160 g/mol. The highest BCUT2D eigenvalue weighted by Gasteiger charge is 2.36. The van der Waals surface area contributed by atoms with E-state index >= 15 is 0 Å². The van der Waals surface area contributed by atoms with Crippen LogP contribution >= 0.6 is 0 Å². The molecule has 2 N–H and O–H groups in total. The van der Waals surface area contributed by atoms with E-state index in [-0.39, 0.29) is 19.4 Å². The van der Waals surface area contributed by atoms with Crippen molar-refractivity contribution in [2.75, 3.05) is 6.61 Å². The molecule has 0 aromatic carbocycles. The van der Waals surface area contributed by atoms with Crippen molar-refractivity contribution in [2.45, 2.75) is 32.3 Å². The van der Waals surface area contributed by atoms with E-state index in [1.165, 1.54) is 13.8 Å². The third kappa shape index (κ3) is 2.39. The lowest BCUT2D eigenvalue weighted by atomic mass is 9.90. The number of ketones is 2. The highest BCUT2D eigenvalue weighted by Crippen LogP contribution is 2.15. The van der Waals surface area contributed by atoms with Crippen LogP contribution in [-0.2, 0) is 9.59 Å². The Hall–Kier alpha value is -0.740. The minimum absolute atomic E-state index is 0.00579. The van der Waals surface area contributed by atoms with Gasteiger partial charge in [0.1, 0.15) is 0 Å². The van der Waals surface area contributed by atoms with Gasteiger partial charge in [-0.1, -0.05) is 0 Å². The summed E-state index contributed by atoms with van der Waals surface area (Å²) in [5.41, 5.74) is -1.89. The van der Waals surface area contributed by atoms with Gasteiger partial charge < -0.3 is 10.2 Å². The molecule has 0 fully saturated rings. The van der Waals surface area contributed by atoms with E-state index in [2.05, 4.69) is 0 Å². The van der Waals surface area contributed by atoms with E-state index in [0.29, 0.717) is 0 Å². The van der Waals surface area contributed by atoms with Gasteiger partial charge in [-0.3, -0.25) is 9.59 Å². The predicted octanol–water partition coefficient (Wildman–Crippen LogP) is -0.332. The molecular formula is C8H14O4. The zero-order valence-electron chi connectivity index (χ0n) is 7.33. The average Bonchev–Trinajstić information content (AvgIpc) is 1.99. The summed E-state index contributed by atoms with van der Waals surface area (Å²) >= 11 is 0. The SMILES string of the molecule is CC(=O)C(O)(CCCO)C(C)=O. The molecule has 0 saturated heterocycles. The van der Waals surface area contributed by atoms with Crippen LogP contribution in [0.3, 0.4) is 0 Å². The van der Waals surface area contributed by atoms with Crippen LogP contribution in [0.15, 0.2) is 0 Å². The third-order valence-electron chi connectivity index (χ3n) is 1.86. The van der Waals surface area contributed by atoms with Crippen LogP contribution in [0.4, 0.5) is 0 Å². The summed E-state index contributed by atoms with van der Waals surface area (Å²) < 4.78 is 0. The normalized spacial score (nSPS) is 11.3. The summed E-state index contributed by atoms with van der Waals surface area (Å²) in [6.07, 6.45) is 0.240. The van der Waals surface area contributed by atoms with E-state index in [1.807, 2.05) is 0 Å². The number of carbonyl (C=O) groups excluding carboxylic acids is 2. The Labute approximate surface area is 71.2 Å². The van der Waals surface area contributed by atoms with Crippen LogP contribution in [-0.4, -0.2) is 34.0 Å². The first-order valence-corrected chi connectivity index (χ1v) is 3.80. The maximum Gasteiger partial charge on any atom is 0.180 e. The Balaban J connectivity index is 4.40. The Bertz CT molecular complexity index is 171. The molecule has 0 aliphatic heterocycles. The average molecular weight is 174 g/mol. The van der Waals surface area contributed by atoms with Crippen LogP contribution in [0.25, 0.3) is 0 Å².